The molecule has 7 heteroatoms. The summed E-state index contributed by atoms with van der Waals surface area (Å²) in [5, 5.41) is 1.86. The lowest BCUT2D eigenvalue weighted by Gasteiger charge is -2.27. The van der Waals surface area contributed by atoms with Crippen LogP contribution in [0.2, 0.25) is 0 Å². The second kappa shape index (κ2) is 8.32. The first-order valence-electron chi connectivity index (χ1n) is 9.47. The van der Waals surface area contributed by atoms with Crippen LogP contribution in [0.1, 0.15) is 15.9 Å². The molecular formula is C22H22N2O4S. The standard InChI is InChI=1S/C22H22N2O4S/c25-22(24-10-12-28-13-11-24)20-7-3-4-17(14-20)16-23-29(26,27)21-9-8-18-5-1-2-6-19(18)15-21/h1-9,14-15,23H,10-13,16H2. The maximum atomic E-state index is 12.7. The largest absolute Gasteiger partial charge is 0.378 e. The molecule has 150 valence electrons. The van der Waals surface area contributed by atoms with Crippen molar-refractivity contribution < 1.29 is 17.9 Å². The number of sulfonamides is 1. The highest BCUT2D eigenvalue weighted by Crippen LogP contribution is 2.19. The number of fused-ring (bicyclic) bond motifs is 1. The van der Waals surface area contributed by atoms with Crippen molar-refractivity contribution >= 4 is 26.7 Å². The molecule has 0 unspecified atom stereocenters. The Hall–Kier alpha value is -2.74. The molecule has 3 aromatic carbocycles. The number of nitrogens with one attached hydrogen (secondary N) is 1. The van der Waals surface area contributed by atoms with Gasteiger partial charge >= 0.3 is 0 Å². The van der Waals surface area contributed by atoms with Gasteiger partial charge in [-0.1, -0.05) is 42.5 Å². The van der Waals surface area contributed by atoms with Gasteiger partial charge in [-0.05, 0) is 40.6 Å². The van der Waals surface area contributed by atoms with Crippen molar-refractivity contribution in [3.05, 3.63) is 77.9 Å². The highest BCUT2D eigenvalue weighted by Gasteiger charge is 2.19. The van der Waals surface area contributed by atoms with Crippen LogP contribution >= 0.6 is 0 Å². The zero-order valence-electron chi connectivity index (χ0n) is 15.9. The normalized spacial score (nSPS) is 14.8. The van der Waals surface area contributed by atoms with E-state index in [1.807, 2.05) is 24.3 Å². The zero-order chi connectivity index (χ0) is 20.3. The molecular weight excluding hydrogens is 388 g/mol. The quantitative estimate of drug-likeness (QED) is 0.702. The average Bonchev–Trinajstić information content (AvgIpc) is 2.78. The summed E-state index contributed by atoms with van der Waals surface area (Å²) in [6.07, 6.45) is 0. The summed E-state index contributed by atoms with van der Waals surface area (Å²) in [5.74, 6) is -0.0625. The Morgan fingerprint density at radius 1 is 0.931 bits per heavy atom. The molecule has 0 atom stereocenters. The number of benzene rings is 3. The molecule has 1 heterocycles. The lowest BCUT2D eigenvalue weighted by Crippen LogP contribution is -2.40. The molecule has 0 aromatic heterocycles. The van der Waals surface area contributed by atoms with Gasteiger partial charge < -0.3 is 9.64 Å². The van der Waals surface area contributed by atoms with Gasteiger partial charge in [0.1, 0.15) is 0 Å². The summed E-state index contributed by atoms with van der Waals surface area (Å²) < 4.78 is 33.3. The fourth-order valence-electron chi connectivity index (χ4n) is 3.36. The van der Waals surface area contributed by atoms with Crippen LogP contribution in [0.15, 0.2) is 71.6 Å². The Morgan fingerprint density at radius 3 is 2.48 bits per heavy atom. The van der Waals surface area contributed by atoms with Crippen LogP contribution in [0.4, 0.5) is 0 Å². The SMILES string of the molecule is O=C(c1cccc(CNS(=O)(=O)c2ccc3ccccc3c2)c1)N1CCOCC1. The summed E-state index contributed by atoms with van der Waals surface area (Å²) in [5.41, 5.74) is 1.28. The first-order valence-corrected chi connectivity index (χ1v) is 11.0. The van der Waals surface area contributed by atoms with Gasteiger partial charge in [0.15, 0.2) is 0 Å². The molecule has 0 aliphatic carbocycles. The van der Waals surface area contributed by atoms with Crippen molar-refractivity contribution in [3.8, 4) is 0 Å². The van der Waals surface area contributed by atoms with Gasteiger partial charge in [-0.3, -0.25) is 4.79 Å². The second-order valence-corrected chi connectivity index (χ2v) is 8.71. The Bertz CT molecular complexity index is 1140. The first-order chi connectivity index (χ1) is 14.0. The molecule has 0 bridgehead atoms. The molecule has 1 fully saturated rings. The predicted molar refractivity (Wildman–Crippen MR) is 111 cm³/mol. The lowest BCUT2D eigenvalue weighted by molar-refractivity contribution is 0.0303. The highest BCUT2D eigenvalue weighted by molar-refractivity contribution is 7.89. The molecule has 6 nitrogen and oxygen atoms in total. The number of rotatable bonds is 5. The number of morpholine rings is 1. The van der Waals surface area contributed by atoms with Gasteiger partial charge in [0.2, 0.25) is 10.0 Å². The molecule has 0 spiro atoms. The molecule has 0 saturated carbocycles. The molecule has 1 amide bonds. The number of amides is 1. The van der Waals surface area contributed by atoms with Gasteiger partial charge in [-0.15, -0.1) is 0 Å². The molecule has 3 aromatic rings. The maximum Gasteiger partial charge on any atom is 0.254 e. The average molecular weight is 410 g/mol. The third-order valence-electron chi connectivity index (χ3n) is 4.97. The van der Waals surface area contributed by atoms with E-state index in [2.05, 4.69) is 4.72 Å². The van der Waals surface area contributed by atoms with Gasteiger partial charge in [-0.2, -0.15) is 0 Å². The van der Waals surface area contributed by atoms with Gasteiger partial charge in [0.25, 0.3) is 5.91 Å². The fourth-order valence-corrected chi connectivity index (χ4v) is 4.41. The lowest BCUT2D eigenvalue weighted by atomic mass is 10.1. The van der Waals surface area contributed by atoms with E-state index in [4.69, 9.17) is 4.74 Å². The predicted octanol–water partition coefficient (Wildman–Crippen LogP) is 2.79. The van der Waals surface area contributed by atoms with Crippen molar-refractivity contribution in [2.75, 3.05) is 26.3 Å². The van der Waals surface area contributed by atoms with Crippen LogP contribution in [0, 0.1) is 0 Å². The van der Waals surface area contributed by atoms with Crippen LogP contribution < -0.4 is 4.72 Å². The van der Waals surface area contributed by atoms with Crippen LogP contribution in [0.5, 0.6) is 0 Å². The Balaban J connectivity index is 1.48. The van der Waals surface area contributed by atoms with E-state index in [0.717, 1.165) is 16.3 Å². The molecule has 29 heavy (non-hydrogen) atoms. The summed E-state index contributed by atoms with van der Waals surface area (Å²) in [6, 6.07) is 19.7. The van der Waals surface area contributed by atoms with Crippen molar-refractivity contribution in [2.45, 2.75) is 11.4 Å². The van der Waals surface area contributed by atoms with Gasteiger partial charge in [0.05, 0.1) is 18.1 Å². The van der Waals surface area contributed by atoms with Crippen LogP contribution in [0.25, 0.3) is 10.8 Å². The number of ether oxygens (including phenoxy) is 1. The van der Waals surface area contributed by atoms with Crippen molar-refractivity contribution in [1.82, 2.24) is 9.62 Å². The van der Waals surface area contributed by atoms with Crippen LogP contribution in [-0.4, -0.2) is 45.5 Å². The first kappa shape index (κ1) is 19.6. The van der Waals surface area contributed by atoms with Gasteiger partial charge in [0, 0.05) is 25.2 Å². The van der Waals surface area contributed by atoms with Crippen molar-refractivity contribution in [3.63, 3.8) is 0 Å². The maximum absolute atomic E-state index is 12.7. The number of carbonyl (C=O) groups excluding carboxylic acids is 1. The van der Waals surface area contributed by atoms with E-state index in [-0.39, 0.29) is 17.3 Å². The fraction of sp³-hybridized carbons (Fsp3) is 0.227. The third-order valence-corrected chi connectivity index (χ3v) is 6.37. The smallest absolute Gasteiger partial charge is 0.254 e. The summed E-state index contributed by atoms with van der Waals surface area (Å²) >= 11 is 0. The summed E-state index contributed by atoms with van der Waals surface area (Å²) in [6.45, 7) is 2.32. The number of hydrogen-bond acceptors (Lipinski definition) is 4. The Morgan fingerprint density at radius 2 is 1.69 bits per heavy atom. The summed E-state index contributed by atoms with van der Waals surface area (Å²) in [7, 11) is -3.67. The molecule has 0 radical (unpaired) electrons. The Labute approximate surface area is 170 Å². The van der Waals surface area contributed by atoms with Gasteiger partial charge in [-0.25, -0.2) is 13.1 Å². The monoisotopic (exact) mass is 410 g/mol. The van der Waals surface area contributed by atoms with Crippen molar-refractivity contribution in [2.24, 2.45) is 0 Å². The minimum Gasteiger partial charge on any atom is -0.378 e. The molecule has 4 rings (SSSR count). The van der Waals surface area contributed by atoms with Crippen LogP contribution in [0.3, 0.4) is 0 Å². The second-order valence-electron chi connectivity index (χ2n) is 6.94. The van der Waals surface area contributed by atoms with E-state index >= 15 is 0 Å². The van der Waals surface area contributed by atoms with Crippen molar-refractivity contribution in [1.29, 1.82) is 0 Å². The molecule has 1 aliphatic heterocycles. The summed E-state index contributed by atoms with van der Waals surface area (Å²) in [4.78, 5) is 14.6. The number of hydrogen-bond donors (Lipinski definition) is 1. The zero-order valence-corrected chi connectivity index (χ0v) is 16.7. The van der Waals surface area contributed by atoms with E-state index in [1.54, 1.807) is 47.4 Å². The third kappa shape index (κ3) is 4.48. The minimum absolute atomic E-state index is 0.0625. The number of nitrogens with zero attached hydrogens (tertiary/aromatic N) is 1. The van der Waals surface area contributed by atoms with E-state index < -0.39 is 10.0 Å². The Kier molecular flexibility index (Phi) is 5.62. The molecule has 1 saturated heterocycles. The van der Waals surface area contributed by atoms with E-state index in [1.165, 1.54) is 0 Å². The number of carbonyl (C=O) groups is 1. The highest BCUT2D eigenvalue weighted by atomic mass is 32.2. The minimum atomic E-state index is -3.67. The molecule has 1 N–H and O–H groups in total. The topological polar surface area (TPSA) is 75.7 Å². The van der Waals surface area contributed by atoms with E-state index in [9.17, 15) is 13.2 Å². The van der Waals surface area contributed by atoms with E-state index in [0.29, 0.717) is 31.9 Å². The van der Waals surface area contributed by atoms with Crippen LogP contribution in [-0.2, 0) is 21.3 Å². The molecule has 1 aliphatic rings.